The molecule has 20 heteroatoms. The second-order valence-electron chi connectivity index (χ2n) is 40.4. The quantitative estimate of drug-likeness (QED) is 0.0301. The van der Waals surface area contributed by atoms with Gasteiger partial charge in [0.05, 0.1) is 65.3 Å². The van der Waals surface area contributed by atoms with Gasteiger partial charge in [-0.3, -0.25) is 33.6 Å². The average molecular weight is 1670 g/mol. The number of allylic oxidation sites excluding steroid dienone is 12. The summed E-state index contributed by atoms with van der Waals surface area (Å²) in [5.41, 5.74) is 2.79. The lowest BCUT2D eigenvalue weighted by molar-refractivity contribution is -0.172. The Morgan fingerprint density at radius 2 is 0.725 bits per heavy atom. The van der Waals surface area contributed by atoms with Gasteiger partial charge < -0.3 is 58.7 Å². The van der Waals surface area contributed by atoms with Gasteiger partial charge in [-0.15, -0.1) is 0 Å². The smallest absolute Gasteiger partial charge is 0.330 e. The standard InChI is InChI=1S/C50H76O10.C25H40O6.C25H36O4/c1-11-49(7,8)47(55)59-41-23-29(3)21-33-15-13-31(5)39(45(33)41)19-17-35(51)25-36(52)26-43(53)58-38-27-37(57-44(54)28-38)18-20-40-32(6)14-16-34-22-30(4)24-42(46(34)40)60-48(56)50(9,10)12-2;1-6-25(4,5)24(30)31-21-12-15(2)11-17-8-7-16(3)20(23(17)21)10-9-18(26)13-19(27)14-22(28)29;1-6-25(4,5)24(27)29-21-15-16(2)14-18-11-10-17(3)20(23(18)21)13-12-19-8-7-9-22(26)28-19/h13-16,21-22,29-32,35-42,45-46,51-52H,11-12,17-20,23-28H2,1-10H3;7-8,11,15-16,18-21,23,26-27H,6,9-10,12-14H2,1-5H3,(H,28,29);7,9-11,14,16-17,19-21,23H,6,8,12-13,15H2,1-5H3. The number of aliphatic hydroxyl groups is 4. The van der Waals surface area contributed by atoms with Crippen molar-refractivity contribution >= 4 is 47.8 Å². The third-order valence-electron chi connectivity index (χ3n) is 28.8. The van der Waals surface area contributed by atoms with E-state index in [-0.39, 0.29) is 163 Å². The SMILES string of the molecule is CCC(C)(C)C(=O)OC1CC(C)C=C2C=CC(C)C(CCC(O)CC(O)CC(=O)O)C21.CCC(C)(C)C(=O)OC1CC(C)C=C2C=CC(C)C(CCC(O)CC(O)CC(=O)OC3CC(=O)OC(CCC4C(C)C=CC5=CC(C)CC(OC(=O)C(C)(C)CC)C54)C3)C21.CCC(C)(C)C(=O)OC1CC(C)C=C2C=CC(C)C(CCC3CC=CC(=O)O3)C21. The second-order valence-corrected chi connectivity index (χ2v) is 40.4. The molecule has 2 heterocycles. The van der Waals surface area contributed by atoms with Crippen molar-refractivity contribution in [3.05, 3.63) is 107 Å². The van der Waals surface area contributed by atoms with Crippen LogP contribution in [-0.4, -0.2) is 140 Å². The van der Waals surface area contributed by atoms with E-state index in [2.05, 4.69) is 128 Å². The van der Waals surface area contributed by atoms with Gasteiger partial charge in [0.15, 0.2) is 0 Å². The first-order chi connectivity index (χ1) is 56.3. The van der Waals surface area contributed by atoms with Crippen molar-refractivity contribution in [2.45, 2.75) is 353 Å². The van der Waals surface area contributed by atoms with Crippen LogP contribution in [0.1, 0.15) is 286 Å². The van der Waals surface area contributed by atoms with Crippen molar-refractivity contribution in [2.75, 3.05) is 0 Å². The number of carboxylic acids is 1. The Balaban J connectivity index is 0.000000249. The Kier molecular flexibility index (Phi) is 36.0. The number of aliphatic hydroxyl groups excluding tert-OH is 4. The molecule has 10 aliphatic rings. The van der Waals surface area contributed by atoms with E-state index in [0.29, 0.717) is 81.5 Å². The lowest BCUT2D eigenvalue weighted by atomic mass is 9.65. The van der Waals surface area contributed by atoms with Crippen LogP contribution in [-0.2, 0) is 71.5 Å². The first kappa shape index (κ1) is 98.7. The fraction of sp³-hybridized carbons (Fsp3) is 0.740. The molecule has 8 aliphatic carbocycles. The maximum Gasteiger partial charge on any atom is 0.330 e. The molecule has 2 aliphatic heterocycles. The van der Waals surface area contributed by atoms with E-state index < -0.39 is 76.2 Å². The summed E-state index contributed by atoms with van der Waals surface area (Å²) in [6, 6.07) is 0. The third kappa shape index (κ3) is 27.1. The van der Waals surface area contributed by atoms with Crippen LogP contribution in [0.4, 0.5) is 0 Å². The lowest BCUT2D eigenvalue weighted by Crippen LogP contribution is -2.43. The molecular formula is C100H152O20. The Morgan fingerprint density at radius 3 is 1.04 bits per heavy atom. The summed E-state index contributed by atoms with van der Waals surface area (Å²) >= 11 is 0. The molecule has 0 aromatic carbocycles. The van der Waals surface area contributed by atoms with Crippen molar-refractivity contribution < 1.29 is 97.0 Å². The Bertz CT molecular complexity index is 3780. The van der Waals surface area contributed by atoms with Gasteiger partial charge in [0.25, 0.3) is 0 Å². The van der Waals surface area contributed by atoms with Crippen molar-refractivity contribution in [3.63, 3.8) is 0 Å². The summed E-state index contributed by atoms with van der Waals surface area (Å²) in [6.07, 6.45) is 36.6. The van der Waals surface area contributed by atoms with E-state index in [0.717, 1.165) is 57.8 Å². The van der Waals surface area contributed by atoms with Gasteiger partial charge in [0.2, 0.25) is 0 Å². The fourth-order valence-corrected chi connectivity index (χ4v) is 19.7. The van der Waals surface area contributed by atoms with E-state index in [1.54, 1.807) is 0 Å². The third-order valence-corrected chi connectivity index (χ3v) is 28.8. The Morgan fingerprint density at radius 1 is 0.408 bits per heavy atom. The molecule has 0 radical (unpaired) electrons. The van der Waals surface area contributed by atoms with Crippen LogP contribution in [0.3, 0.4) is 0 Å². The van der Waals surface area contributed by atoms with Gasteiger partial charge in [-0.1, -0.05) is 162 Å². The van der Waals surface area contributed by atoms with Gasteiger partial charge in [-0.25, -0.2) is 4.79 Å². The minimum atomic E-state index is -1.11. The second kappa shape index (κ2) is 43.7. The minimum absolute atomic E-state index is 0.0194. The predicted octanol–water partition coefficient (Wildman–Crippen LogP) is 18.7. The number of ether oxygens (including phenoxy) is 7. The zero-order valence-electron chi connectivity index (χ0n) is 76.3. The number of hydrogen-bond donors (Lipinski definition) is 5. The number of hydrogen-bond acceptors (Lipinski definition) is 19. The van der Waals surface area contributed by atoms with Crippen molar-refractivity contribution in [1.29, 1.82) is 0 Å². The predicted molar refractivity (Wildman–Crippen MR) is 464 cm³/mol. The highest BCUT2D eigenvalue weighted by Gasteiger charge is 2.49. The van der Waals surface area contributed by atoms with Crippen molar-refractivity contribution in [1.82, 2.24) is 0 Å². The largest absolute Gasteiger partial charge is 0.481 e. The molecule has 0 aromatic rings. The molecule has 0 saturated carbocycles. The number of esters is 7. The van der Waals surface area contributed by atoms with E-state index >= 15 is 0 Å². The Labute approximate surface area is 718 Å². The number of carbonyl (C=O) groups excluding carboxylic acids is 7. The molecule has 0 aromatic heterocycles. The molecule has 1 fully saturated rings. The summed E-state index contributed by atoms with van der Waals surface area (Å²) in [5, 5.41) is 51.0. The molecule has 0 bridgehead atoms. The topological polar surface area (TPSA) is 302 Å². The van der Waals surface area contributed by atoms with Gasteiger partial charge in [0, 0.05) is 42.6 Å². The summed E-state index contributed by atoms with van der Waals surface area (Å²) in [4.78, 5) is 100. The maximum absolute atomic E-state index is 13.2. The minimum Gasteiger partial charge on any atom is -0.481 e. The highest BCUT2D eigenvalue weighted by molar-refractivity contribution is 5.83. The monoisotopic (exact) mass is 1670 g/mol. The molecule has 10 rings (SSSR count). The zero-order chi connectivity index (χ0) is 88.6. The van der Waals surface area contributed by atoms with Crippen LogP contribution in [0.5, 0.6) is 0 Å². The van der Waals surface area contributed by atoms with Crippen LogP contribution < -0.4 is 0 Å². The molecule has 5 N–H and O–H groups in total. The number of carbonyl (C=O) groups is 8. The number of fused-ring (bicyclic) bond motifs is 4. The lowest BCUT2D eigenvalue weighted by Gasteiger charge is -2.44. The van der Waals surface area contributed by atoms with E-state index in [1.165, 1.54) is 28.4 Å². The van der Waals surface area contributed by atoms with Crippen LogP contribution in [0, 0.1) is 116 Å². The van der Waals surface area contributed by atoms with Crippen LogP contribution in [0.15, 0.2) is 107 Å². The molecule has 0 amide bonds. The van der Waals surface area contributed by atoms with E-state index in [4.69, 9.17) is 38.3 Å². The molecule has 20 nitrogen and oxygen atoms in total. The zero-order valence-corrected chi connectivity index (χ0v) is 76.3. The summed E-state index contributed by atoms with van der Waals surface area (Å²) in [5.74, 6) is 0.776. The normalized spacial score (nSPS) is 33.0. The molecule has 27 unspecified atom stereocenters. The molecule has 672 valence electrons. The highest BCUT2D eigenvalue weighted by atomic mass is 16.6. The van der Waals surface area contributed by atoms with Crippen LogP contribution >= 0.6 is 0 Å². The van der Waals surface area contributed by atoms with E-state index in [1.807, 2.05) is 89.2 Å². The van der Waals surface area contributed by atoms with Gasteiger partial charge in [0.1, 0.15) is 42.7 Å². The molecular weight excluding hydrogens is 1520 g/mol. The van der Waals surface area contributed by atoms with Crippen molar-refractivity contribution in [2.24, 2.45) is 116 Å². The van der Waals surface area contributed by atoms with Crippen molar-refractivity contribution in [3.8, 4) is 0 Å². The van der Waals surface area contributed by atoms with Crippen LogP contribution in [0.25, 0.3) is 0 Å². The molecule has 27 atom stereocenters. The summed E-state index contributed by atoms with van der Waals surface area (Å²) in [6.45, 7) is 40.9. The Hall–Kier alpha value is -6.74. The summed E-state index contributed by atoms with van der Waals surface area (Å²) < 4.78 is 41.8. The summed E-state index contributed by atoms with van der Waals surface area (Å²) in [7, 11) is 0. The number of carboxylic acid groups (broad SMARTS) is 1. The number of rotatable bonds is 33. The maximum atomic E-state index is 13.2. The number of aliphatic carboxylic acids is 1. The van der Waals surface area contributed by atoms with Crippen LogP contribution in [0.2, 0.25) is 0 Å². The van der Waals surface area contributed by atoms with Gasteiger partial charge >= 0.3 is 47.8 Å². The highest BCUT2D eigenvalue weighted by Crippen LogP contribution is 2.51. The van der Waals surface area contributed by atoms with E-state index in [9.17, 15) is 58.8 Å². The molecule has 0 spiro atoms. The van der Waals surface area contributed by atoms with Gasteiger partial charge in [-0.2, -0.15) is 0 Å². The first-order valence-corrected chi connectivity index (χ1v) is 46.0. The molecule has 120 heavy (non-hydrogen) atoms. The molecule has 1 saturated heterocycles. The fourth-order valence-electron chi connectivity index (χ4n) is 19.7. The number of cyclic esters (lactones) is 2. The van der Waals surface area contributed by atoms with Gasteiger partial charge in [-0.05, 0) is 264 Å². The first-order valence-electron chi connectivity index (χ1n) is 46.0. The average Bonchev–Trinajstić information content (AvgIpc) is 0.790.